The first kappa shape index (κ1) is 23.2. The molecule has 4 rings (SSSR count). The molecule has 3 aromatic rings. The van der Waals surface area contributed by atoms with Crippen molar-refractivity contribution in [3.05, 3.63) is 75.2 Å². The van der Waals surface area contributed by atoms with E-state index in [4.69, 9.17) is 0 Å². The molecule has 1 aliphatic heterocycles. The lowest BCUT2D eigenvalue weighted by Crippen LogP contribution is -2.48. The van der Waals surface area contributed by atoms with Crippen LogP contribution in [0.1, 0.15) is 56.1 Å². The van der Waals surface area contributed by atoms with E-state index in [2.05, 4.69) is 10.00 Å². The maximum absolute atomic E-state index is 15.5. The van der Waals surface area contributed by atoms with Gasteiger partial charge < -0.3 is 15.1 Å². The number of aromatic nitrogens is 3. The molecular formula is C25H31FN4O3. The summed E-state index contributed by atoms with van der Waals surface area (Å²) >= 11 is 0. The van der Waals surface area contributed by atoms with Gasteiger partial charge in [0.1, 0.15) is 18.1 Å². The van der Waals surface area contributed by atoms with E-state index < -0.39 is 23.7 Å². The second-order valence-electron chi connectivity index (χ2n) is 9.14. The van der Waals surface area contributed by atoms with E-state index in [1.807, 2.05) is 45.0 Å². The first-order chi connectivity index (χ1) is 15.6. The van der Waals surface area contributed by atoms with E-state index in [0.29, 0.717) is 24.3 Å². The Labute approximate surface area is 192 Å². The van der Waals surface area contributed by atoms with Gasteiger partial charge in [0.15, 0.2) is 5.82 Å². The molecule has 176 valence electrons. The topological polar surface area (TPSA) is 83.5 Å². The van der Waals surface area contributed by atoms with Gasteiger partial charge in [0.05, 0.1) is 5.60 Å². The highest BCUT2D eigenvalue weighted by Gasteiger charge is 2.44. The fraction of sp³-hybridized carbons (Fsp3) is 0.440. The maximum atomic E-state index is 15.5. The Morgan fingerprint density at radius 1 is 1.24 bits per heavy atom. The Morgan fingerprint density at radius 3 is 2.52 bits per heavy atom. The summed E-state index contributed by atoms with van der Waals surface area (Å²) in [5.41, 5.74) is 1.39. The molecule has 2 heterocycles. The number of nitrogens with zero attached hydrogens (tertiary/aromatic N) is 4. The van der Waals surface area contributed by atoms with Crippen LogP contribution in [-0.4, -0.2) is 37.1 Å². The molecule has 0 aliphatic carbocycles. The van der Waals surface area contributed by atoms with Crippen LogP contribution in [0.15, 0.2) is 41.2 Å². The van der Waals surface area contributed by atoms with Crippen LogP contribution in [0, 0.1) is 12.7 Å². The first-order valence-corrected chi connectivity index (χ1v) is 11.3. The molecule has 2 N–H and O–H groups in total. The van der Waals surface area contributed by atoms with Gasteiger partial charge in [-0.15, -0.1) is 5.10 Å². The fourth-order valence-corrected chi connectivity index (χ4v) is 4.91. The third-order valence-electron chi connectivity index (χ3n) is 6.79. The number of hydrogen-bond acceptors (Lipinski definition) is 5. The SMILES string of the molecule is CCn1c(CO)nn(-c2cc3c(cc2F)C(C)(O)C(c2ccccc2C)CN3C(C)C)c1=O. The Kier molecular flexibility index (Phi) is 5.92. The number of benzene rings is 2. The van der Waals surface area contributed by atoms with Crippen molar-refractivity contribution in [3.63, 3.8) is 0 Å². The van der Waals surface area contributed by atoms with E-state index in [1.165, 1.54) is 10.6 Å². The minimum atomic E-state index is -1.32. The van der Waals surface area contributed by atoms with E-state index in [1.54, 1.807) is 19.9 Å². The van der Waals surface area contributed by atoms with Gasteiger partial charge in [0.2, 0.25) is 0 Å². The van der Waals surface area contributed by atoms with Gasteiger partial charge in [0, 0.05) is 36.3 Å². The van der Waals surface area contributed by atoms with E-state index >= 15 is 4.39 Å². The summed E-state index contributed by atoms with van der Waals surface area (Å²) in [4.78, 5) is 15.0. The number of hydrogen-bond donors (Lipinski definition) is 2. The molecule has 0 spiro atoms. The van der Waals surface area contributed by atoms with Crippen molar-refractivity contribution in [1.29, 1.82) is 0 Å². The quantitative estimate of drug-likeness (QED) is 0.619. The second kappa shape index (κ2) is 8.43. The zero-order chi connectivity index (χ0) is 24.1. The lowest BCUT2D eigenvalue weighted by atomic mass is 9.73. The summed E-state index contributed by atoms with van der Waals surface area (Å²) < 4.78 is 17.8. The van der Waals surface area contributed by atoms with Crippen LogP contribution in [0.4, 0.5) is 10.1 Å². The van der Waals surface area contributed by atoms with Crippen molar-refractivity contribution in [1.82, 2.24) is 14.3 Å². The van der Waals surface area contributed by atoms with Crippen molar-refractivity contribution < 1.29 is 14.6 Å². The predicted molar refractivity (Wildman–Crippen MR) is 125 cm³/mol. The molecule has 0 saturated heterocycles. The zero-order valence-electron chi connectivity index (χ0n) is 19.7. The van der Waals surface area contributed by atoms with E-state index in [0.717, 1.165) is 15.8 Å². The number of aliphatic hydroxyl groups excluding tert-OH is 1. The highest BCUT2D eigenvalue weighted by Crippen LogP contribution is 2.48. The number of aliphatic hydroxyl groups is 2. The lowest BCUT2D eigenvalue weighted by Gasteiger charge is -2.47. The maximum Gasteiger partial charge on any atom is 0.350 e. The van der Waals surface area contributed by atoms with Gasteiger partial charge in [-0.25, -0.2) is 9.18 Å². The summed E-state index contributed by atoms with van der Waals surface area (Å²) in [5.74, 6) is -0.746. The van der Waals surface area contributed by atoms with Gasteiger partial charge in [0.25, 0.3) is 0 Å². The smallest absolute Gasteiger partial charge is 0.350 e. The average molecular weight is 455 g/mol. The standard InChI is InChI=1S/C25H31FN4O3/c1-6-28-23(14-31)27-30(24(28)32)22-12-21-18(11-20(22)26)25(5,33)19(13-29(21)15(2)3)17-10-8-7-9-16(17)4/h7-12,15,19,31,33H,6,13-14H2,1-5H3. The van der Waals surface area contributed by atoms with Gasteiger partial charge >= 0.3 is 5.69 Å². The van der Waals surface area contributed by atoms with Crippen molar-refractivity contribution in [2.45, 2.75) is 65.3 Å². The molecule has 1 aromatic heterocycles. The molecule has 7 nitrogen and oxygen atoms in total. The molecule has 0 amide bonds. The summed E-state index contributed by atoms with van der Waals surface area (Å²) in [7, 11) is 0. The monoisotopic (exact) mass is 454 g/mol. The van der Waals surface area contributed by atoms with Crippen molar-refractivity contribution in [2.24, 2.45) is 0 Å². The normalized spacial score (nSPS) is 20.4. The molecule has 2 unspecified atom stereocenters. The summed E-state index contributed by atoms with van der Waals surface area (Å²) in [6.45, 7) is 10.0. The van der Waals surface area contributed by atoms with Gasteiger partial charge in [-0.3, -0.25) is 4.57 Å². The van der Waals surface area contributed by atoms with Crippen LogP contribution >= 0.6 is 0 Å². The molecule has 0 fully saturated rings. The predicted octanol–water partition coefficient (Wildman–Crippen LogP) is 3.21. The Morgan fingerprint density at radius 2 is 1.94 bits per heavy atom. The minimum Gasteiger partial charge on any atom is -0.388 e. The molecule has 0 bridgehead atoms. The van der Waals surface area contributed by atoms with Crippen LogP contribution in [0.3, 0.4) is 0 Å². The van der Waals surface area contributed by atoms with Crippen LogP contribution in [-0.2, 0) is 18.8 Å². The molecule has 0 radical (unpaired) electrons. The van der Waals surface area contributed by atoms with Crippen molar-refractivity contribution in [3.8, 4) is 5.69 Å². The average Bonchev–Trinajstić information content (AvgIpc) is 3.09. The molecular weight excluding hydrogens is 423 g/mol. The highest BCUT2D eigenvalue weighted by molar-refractivity contribution is 5.65. The van der Waals surface area contributed by atoms with Crippen LogP contribution < -0.4 is 10.6 Å². The van der Waals surface area contributed by atoms with Crippen molar-refractivity contribution >= 4 is 5.69 Å². The van der Waals surface area contributed by atoms with Gasteiger partial charge in [-0.1, -0.05) is 24.3 Å². The molecule has 8 heteroatoms. The molecule has 2 aromatic carbocycles. The molecule has 1 aliphatic rings. The van der Waals surface area contributed by atoms with E-state index in [-0.39, 0.29) is 23.5 Å². The van der Waals surface area contributed by atoms with E-state index in [9.17, 15) is 15.0 Å². The Balaban J connectivity index is 1.93. The summed E-state index contributed by atoms with van der Waals surface area (Å²) in [5, 5.41) is 25.4. The molecule has 33 heavy (non-hydrogen) atoms. The fourth-order valence-electron chi connectivity index (χ4n) is 4.91. The molecule has 2 atom stereocenters. The first-order valence-electron chi connectivity index (χ1n) is 11.3. The minimum absolute atomic E-state index is 0.00329. The third kappa shape index (κ3) is 3.67. The Bertz CT molecular complexity index is 1240. The largest absolute Gasteiger partial charge is 0.388 e. The zero-order valence-corrected chi connectivity index (χ0v) is 19.7. The number of anilines is 1. The van der Waals surface area contributed by atoms with Crippen LogP contribution in [0.5, 0.6) is 0 Å². The number of aryl methyl sites for hydroxylation is 1. The van der Waals surface area contributed by atoms with Crippen LogP contribution in [0.2, 0.25) is 0 Å². The van der Waals surface area contributed by atoms with Gasteiger partial charge in [-0.05, 0) is 57.9 Å². The summed E-state index contributed by atoms with van der Waals surface area (Å²) in [6, 6.07) is 10.9. The second-order valence-corrected chi connectivity index (χ2v) is 9.14. The number of rotatable bonds is 5. The lowest BCUT2D eigenvalue weighted by molar-refractivity contribution is 0.0227. The summed E-state index contributed by atoms with van der Waals surface area (Å²) in [6.07, 6.45) is 0. The molecule has 0 saturated carbocycles. The number of halogens is 1. The third-order valence-corrected chi connectivity index (χ3v) is 6.79. The van der Waals surface area contributed by atoms with Crippen LogP contribution in [0.25, 0.3) is 5.69 Å². The number of fused-ring (bicyclic) bond motifs is 1. The highest BCUT2D eigenvalue weighted by atomic mass is 19.1. The van der Waals surface area contributed by atoms with Crippen molar-refractivity contribution in [2.75, 3.05) is 11.4 Å². The van der Waals surface area contributed by atoms with Gasteiger partial charge in [-0.2, -0.15) is 4.68 Å². The Hall–Kier alpha value is -2.97.